The second-order valence-corrected chi connectivity index (χ2v) is 7.97. The molecule has 2 aromatic carbocycles. The highest BCUT2D eigenvalue weighted by Gasteiger charge is 2.27. The molecule has 0 amide bonds. The van der Waals surface area contributed by atoms with Crippen molar-refractivity contribution >= 4 is 57.2 Å². The molecule has 0 saturated carbocycles. The molecule has 1 N–H and O–H groups in total. The van der Waals surface area contributed by atoms with Gasteiger partial charge in [-0.1, -0.05) is 23.2 Å². The molecule has 7 heteroatoms. The number of aryl methyl sites for hydroxylation is 1. The van der Waals surface area contributed by atoms with E-state index in [2.05, 4.69) is 10.2 Å². The number of aromatic nitrogens is 1. The Hall–Kier alpha value is -1.69. The van der Waals surface area contributed by atoms with Gasteiger partial charge in [-0.15, -0.1) is 5.11 Å². The third-order valence-corrected chi connectivity index (χ3v) is 6.03. The van der Waals surface area contributed by atoms with E-state index < -0.39 is 0 Å². The molecule has 0 spiro atoms. The van der Waals surface area contributed by atoms with Crippen molar-refractivity contribution in [3.63, 3.8) is 0 Å². The summed E-state index contributed by atoms with van der Waals surface area (Å²) in [5.74, 6) is 2.09. The van der Waals surface area contributed by atoms with Crippen LogP contribution in [0, 0.1) is 6.92 Å². The maximum atomic E-state index is 10.8. The SMILES string of the molecule is Cc1cc(Cl)ccc1N=Nc1c(O)n(C2CSC2)c2ccc(Cl)cc12. The van der Waals surface area contributed by atoms with Gasteiger partial charge in [-0.25, -0.2) is 0 Å². The van der Waals surface area contributed by atoms with Gasteiger partial charge < -0.3 is 9.67 Å². The zero-order valence-corrected chi connectivity index (χ0v) is 15.7. The number of hydrogen-bond donors (Lipinski definition) is 1. The van der Waals surface area contributed by atoms with Crippen LogP contribution < -0.4 is 0 Å². The fourth-order valence-electron chi connectivity index (χ4n) is 2.93. The first-order valence-corrected chi connectivity index (χ1v) is 9.73. The second kappa shape index (κ2) is 6.56. The molecule has 4 rings (SSSR count). The summed E-state index contributed by atoms with van der Waals surface area (Å²) in [4.78, 5) is 0. The Kier molecular flexibility index (Phi) is 4.40. The lowest BCUT2D eigenvalue weighted by atomic mass is 10.2. The summed E-state index contributed by atoms with van der Waals surface area (Å²) in [5, 5.41) is 21.5. The van der Waals surface area contributed by atoms with E-state index in [0.29, 0.717) is 21.4 Å². The van der Waals surface area contributed by atoms with Crippen LogP contribution in [0.3, 0.4) is 0 Å². The van der Waals surface area contributed by atoms with Gasteiger partial charge in [-0.2, -0.15) is 16.9 Å². The van der Waals surface area contributed by atoms with Gasteiger partial charge in [-0.3, -0.25) is 0 Å². The Bertz CT molecular complexity index is 996. The van der Waals surface area contributed by atoms with Crippen molar-refractivity contribution in [2.45, 2.75) is 13.0 Å². The molecule has 0 bridgehead atoms. The predicted octanol–water partition coefficient (Wildman–Crippen LogP) is 6.67. The molecular formula is C18H15Cl2N3OS. The first-order chi connectivity index (χ1) is 12.0. The van der Waals surface area contributed by atoms with Gasteiger partial charge in [-0.05, 0) is 48.9 Å². The number of hydrogen-bond acceptors (Lipinski definition) is 4. The Morgan fingerprint density at radius 3 is 2.48 bits per heavy atom. The van der Waals surface area contributed by atoms with Crippen LogP contribution in [0.5, 0.6) is 5.88 Å². The van der Waals surface area contributed by atoms with Gasteiger partial charge in [0.15, 0.2) is 5.69 Å². The van der Waals surface area contributed by atoms with Gasteiger partial charge in [0.2, 0.25) is 5.88 Å². The van der Waals surface area contributed by atoms with E-state index in [1.54, 1.807) is 6.07 Å². The fraction of sp³-hybridized carbons (Fsp3) is 0.222. The molecule has 1 aromatic heterocycles. The van der Waals surface area contributed by atoms with Crippen molar-refractivity contribution in [1.29, 1.82) is 0 Å². The summed E-state index contributed by atoms with van der Waals surface area (Å²) < 4.78 is 1.94. The highest BCUT2D eigenvalue weighted by molar-refractivity contribution is 8.00. The number of halogens is 2. The first kappa shape index (κ1) is 16.8. The molecule has 0 aliphatic carbocycles. The Labute approximate surface area is 159 Å². The zero-order valence-electron chi connectivity index (χ0n) is 13.4. The number of azo groups is 1. The van der Waals surface area contributed by atoms with Crippen LogP contribution in [0.25, 0.3) is 10.9 Å². The molecule has 2 heterocycles. The average molecular weight is 392 g/mol. The monoisotopic (exact) mass is 391 g/mol. The van der Waals surface area contributed by atoms with Crippen LogP contribution in [0.15, 0.2) is 46.6 Å². The summed E-state index contributed by atoms with van der Waals surface area (Å²) in [6.45, 7) is 1.92. The maximum Gasteiger partial charge on any atom is 0.221 e. The molecule has 25 heavy (non-hydrogen) atoms. The minimum Gasteiger partial charge on any atom is -0.493 e. The molecule has 3 aromatic rings. The van der Waals surface area contributed by atoms with Gasteiger partial charge >= 0.3 is 0 Å². The lowest BCUT2D eigenvalue weighted by molar-refractivity contribution is 0.406. The molecule has 0 atom stereocenters. The van der Waals surface area contributed by atoms with Crippen LogP contribution >= 0.6 is 35.0 Å². The van der Waals surface area contributed by atoms with Crippen molar-refractivity contribution in [2.75, 3.05) is 11.5 Å². The highest BCUT2D eigenvalue weighted by atomic mass is 35.5. The number of benzene rings is 2. The zero-order chi connectivity index (χ0) is 17.6. The normalized spacial score (nSPS) is 15.2. The third kappa shape index (κ3) is 3.01. The van der Waals surface area contributed by atoms with Crippen molar-refractivity contribution in [1.82, 2.24) is 4.57 Å². The largest absolute Gasteiger partial charge is 0.493 e. The van der Waals surface area contributed by atoms with Crippen LogP contribution in [0.4, 0.5) is 11.4 Å². The average Bonchev–Trinajstić information content (AvgIpc) is 2.77. The lowest BCUT2D eigenvalue weighted by Crippen LogP contribution is -2.22. The number of fused-ring (bicyclic) bond motifs is 1. The van der Waals surface area contributed by atoms with E-state index in [1.807, 2.05) is 53.6 Å². The van der Waals surface area contributed by atoms with Crippen LogP contribution in [0.1, 0.15) is 11.6 Å². The number of aromatic hydroxyl groups is 1. The summed E-state index contributed by atoms with van der Waals surface area (Å²) in [6, 6.07) is 11.3. The third-order valence-electron chi connectivity index (χ3n) is 4.32. The molecular weight excluding hydrogens is 377 g/mol. The number of thioether (sulfide) groups is 1. The molecule has 1 aliphatic heterocycles. The molecule has 1 aliphatic rings. The van der Waals surface area contributed by atoms with Crippen LogP contribution in [-0.4, -0.2) is 21.2 Å². The van der Waals surface area contributed by atoms with E-state index in [1.165, 1.54) is 0 Å². The predicted molar refractivity (Wildman–Crippen MR) is 105 cm³/mol. The van der Waals surface area contributed by atoms with Gasteiger partial charge in [0, 0.05) is 26.9 Å². The van der Waals surface area contributed by atoms with E-state index in [-0.39, 0.29) is 11.9 Å². The number of nitrogens with zero attached hydrogens (tertiary/aromatic N) is 3. The summed E-state index contributed by atoms with van der Waals surface area (Å²) >= 11 is 14.0. The van der Waals surface area contributed by atoms with Gasteiger partial charge in [0.05, 0.1) is 17.2 Å². The van der Waals surface area contributed by atoms with Crippen molar-refractivity contribution in [3.05, 3.63) is 52.0 Å². The molecule has 1 saturated heterocycles. The Balaban J connectivity index is 1.84. The molecule has 4 nitrogen and oxygen atoms in total. The minimum absolute atomic E-state index is 0.137. The number of rotatable bonds is 3. The van der Waals surface area contributed by atoms with Crippen molar-refractivity contribution in [3.8, 4) is 5.88 Å². The van der Waals surface area contributed by atoms with E-state index >= 15 is 0 Å². The smallest absolute Gasteiger partial charge is 0.221 e. The van der Waals surface area contributed by atoms with Crippen molar-refractivity contribution in [2.24, 2.45) is 10.2 Å². The van der Waals surface area contributed by atoms with Crippen LogP contribution in [0.2, 0.25) is 10.0 Å². The molecule has 1 fully saturated rings. The van der Waals surface area contributed by atoms with E-state index in [0.717, 1.165) is 28.0 Å². The van der Waals surface area contributed by atoms with E-state index in [4.69, 9.17) is 23.2 Å². The highest BCUT2D eigenvalue weighted by Crippen LogP contribution is 2.45. The maximum absolute atomic E-state index is 10.8. The summed E-state index contributed by atoms with van der Waals surface area (Å²) in [5.41, 5.74) is 3.01. The summed E-state index contributed by atoms with van der Waals surface area (Å²) in [6.07, 6.45) is 0. The Morgan fingerprint density at radius 2 is 1.80 bits per heavy atom. The van der Waals surface area contributed by atoms with Crippen molar-refractivity contribution < 1.29 is 5.11 Å². The quantitative estimate of drug-likeness (QED) is 0.507. The lowest BCUT2D eigenvalue weighted by Gasteiger charge is -2.27. The molecule has 0 radical (unpaired) electrons. The van der Waals surface area contributed by atoms with Gasteiger partial charge in [0.1, 0.15) is 0 Å². The van der Waals surface area contributed by atoms with Crippen LogP contribution in [-0.2, 0) is 0 Å². The minimum atomic E-state index is 0.137. The first-order valence-electron chi connectivity index (χ1n) is 7.82. The fourth-order valence-corrected chi connectivity index (χ4v) is 4.08. The topological polar surface area (TPSA) is 49.9 Å². The standard InChI is InChI=1S/C18H15Cl2N3OS/c1-10-6-11(19)2-4-15(10)21-22-17-14-7-12(20)3-5-16(14)23(18(17)24)13-8-25-9-13/h2-7,13,24H,8-9H2,1H3. The molecule has 0 unspecified atom stereocenters. The Morgan fingerprint density at radius 1 is 1.08 bits per heavy atom. The van der Waals surface area contributed by atoms with E-state index in [9.17, 15) is 5.11 Å². The molecule has 128 valence electrons. The summed E-state index contributed by atoms with van der Waals surface area (Å²) in [7, 11) is 0. The second-order valence-electron chi connectivity index (χ2n) is 6.03. The van der Waals surface area contributed by atoms with Gasteiger partial charge in [0.25, 0.3) is 0 Å².